The van der Waals surface area contributed by atoms with E-state index >= 15 is 0 Å². The first-order valence-corrected chi connectivity index (χ1v) is 9.36. The highest BCUT2D eigenvalue weighted by molar-refractivity contribution is 5.81. The summed E-state index contributed by atoms with van der Waals surface area (Å²) in [7, 11) is 0. The molecule has 132 valence electrons. The minimum Gasteiger partial charge on any atom is -0.381 e. The number of amides is 1. The van der Waals surface area contributed by atoms with Gasteiger partial charge >= 0.3 is 0 Å². The van der Waals surface area contributed by atoms with Gasteiger partial charge in [-0.1, -0.05) is 36.8 Å². The Hall–Kier alpha value is -1.39. The molecule has 4 nitrogen and oxygen atoms in total. The Labute approximate surface area is 145 Å². The number of nitrogens with zero attached hydrogens (tertiary/aromatic N) is 1. The molecule has 0 aromatic heterocycles. The zero-order valence-electron chi connectivity index (χ0n) is 14.8. The molecule has 24 heavy (non-hydrogen) atoms. The molecule has 1 aromatic rings. The van der Waals surface area contributed by atoms with Gasteiger partial charge in [-0.25, -0.2) is 0 Å². The van der Waals surface area contributed by atoms with Crippen LogP contribution in [-0.2, 0) is 14.9 Å². The van der Waals surface area contributed by atoms with Crippen LogP contribution in [0.25, 0.3) is 0 Å². The monoisotopic (exact) mass is 330 g/mol. The molecule has 2 aliphatic rings. The van der Waals surface area contributed by atoms with Gasteiger partial charge in [0, 0.05) is 25.2 Å². The predicted molar refractivity (Wildman–Crippen MR) is 96.1 cm³/mol. The first-order chi connectivity index (χ1) is 11.7. The van der Waals surface area contributed by atoms with Gasteiger partial charge in [-0.3, -0.25) is 9.69 Å². The molecule has 4 heteroatoms. The summed E-state index contributed by atoms with van der Waals surface area (Å²) >= 11 is 0. The summed E-state index contributed by atoms with van der Waals surface area (Å²) < 4.78 is 5.57. The number of piperidine rings is 1. The lowest BCUT2D eigenvalue weighted by atomic mass is 9.74. The van der Waals surface area contributed by atoms with E-state index in [0.29, 0.717) is 6.54 Å². The fourth-order valence-corrected chi connectivity index (χ4v) is 4.00. The molecule has 3 rings (SSSR count). The number of rotatable bonds is 5. The van der Waals surface area contributed by atoms with Gasteiger partial charge in [0.2, 0.25) is 5.91 Å². The highest BCUT2D eigenvalue weighted by atomic mass is 16.5. The van der Waals surface area contributed by atoms with Crippen molar-refractivity contribution in [1.82, 2.24) is 10.2 Å². The third kappa shape index (κ3) is 3.98. The molecule has 1 aromatic carbocycles. The van der Waals surface area contributed by atoms with E-state index in [1.807, 2.05) is 13.0 Å². The smallest absolute Gasteiger partial charge is 0.237 e. The number of ether oxygens (including phenoxy) is 1. The third-order valence-electron chi connectivity index (χ3n) is 5.75. The highest BCUT2D eigenvalue weighted by Gasteiger charge is 2.35. The minimum atomic E-state index is -0.0297. The molecule has 2 heterocycles. The maximum atomic E-state index is 12.7. The summed E-state index contributed by atoms with van der Waals surface area (Å²) in [6.07, 6.45) is 5.65. The molecular formula is C20H30N2O2. The lowest BCUT2D eigenvalue weighted by Gasteiger charge is -2.39. The molecule has 2 aliphatic heterocycles. The van der Waals surface area contributed by atoms with E-state index in [4.69, 9.17) is 4.74 Å². The van der Waals surface area contributed by atoms with Crippen molar-refractivity contribution in [2.45, 2.75) is 50.5 Å². The Morgan fingerprint density at radius 3 is 2.50 bits per heavy atom. The second-order valence-electron chi connectivity index (χ2n) is 7.25. The van der Waals surface area contributed by atoms with Gasteiger partial charge in [0.1, 0.15) is 0 Å². The lowest BCUT2D eigenvalue weighted by Crippen LogP contribution is -2.51. The van der Waals surface area contributed by atoms with Gasteiger partial charge < -0.3 is 10.1 Å². The quantitative estimate of drug-likeness (QED) is 0.902. The van der Waals surface area contributed by atoms with Crippen LogP contribution in [0.1, 0.15) is 44.6 Å². The molecule has 1 amide bonds. The summed E-state index contributed by atoms with van der Waals surface area (Å²) in [4.78, 5) is 15.0. The summed E-state index contributed by atoms with van der Waals surface area (Å²) in [6, 6.07) is 10.6. The Bertz CT molecular complexity index is 520. The summed E-state index contributed by atoms with van der Waals surface area (Å²) in [5.41, 5.74) is 1.33. The summed E-state index contributed by atoms with van der Waals surface area (Å²) in [6.45, 7) is 6.38. The molecule has 0 aliphatic carbocycles. The molecule has 0 bridgehead atoms. The fraction of sp³-hybridized carbons (Fsp3) is 0.650. The number of nitrogens with one attached hydrogen (secondary N) is 1. The zero-order valence-corrected chi connectivity index (χ0v) is 14.8. The van der Waals surface area contributed by atoms with Gasteiger partial charge in [0.25, 0.3) is 0 Å². The number of benzene rings is 1. The molecule has 2 saturated heterocycles. The summed E-state index contributed by atoms with van der Waals surface area (Å²) in [5.74, 6) is 0.165. The Morgan fingerprint density at radius 1 is 1.17 bits per heavy atom. The van der Waals surface area contributed by atoms with Crippen LogP contribution in [0, 0.1) is 0 Å². The number of carbonyl (C=O) groups is 1. The SMILES string of the molecule is C[C@@H](C(=O)NCC1(c2ccccc2)CCOCC1)N1CCCCC1. The van der Waals surface area contributed by atoms with Crippen LogP contribution in [0.2, 0.25) is 0 Å². The van der Waals surface area contributed by atoms with Crippen LogP contribution in [0.3, 0.4) is 0 Å². The maximum Gasteiger partial charge on any atom is 0.237 e. The van der Waals surface area contributed by atoms with Gasteiger partial charge in [-0.15, -0.1) is 0 Å². The lowest BCUT2D eigenvalue weighted by molar-refractivity contribution is -0.126. The van der Waals surface area contributed by atoms with Crippen molar-refractivity contribution < 1.29 is 9.53 Å². The van der Waals surface area contributed by atoms with Crippen molar-refractivity contribution in [3.8, 4) is 0 Å². The molecular weight excluding hydrogens is 300 g/mol. The van der Waals surface area contributed by atoms with Gasteiger partial charge in [-0.2, -0.15) is 0 Å². The zero-order chi connectivity index (χ0) is 16.8. The molecule has 0 radical (unpaired) electrons. The van der Waals surface area contributed by atoms with E-state index in [1.54, 1.807) is 0 Å². The first-order valence-electron chi connectivity index (χ1n) is 9.36. The maximum absolute atomic E-state index is 12.7. The van der Waals surface area contributed by atoms with Crippen molar-refractivity contribution in [3.63, 3.8) is 0 Å². The average molecular weight is 330 g/mol. The topological polar surface area (TPSA) is 41.6 Å². The minimum absolute atomic E-state index is 0.0107. The number of likely N-dealkylation sites (tertiary alicyclic amines) is 1. The van der Waals surface area contributed by atoms with E-state index < -0.39 is 0 Å². The average Bonchev–Trinajstić information content (AvgIpc) is 2.67. The summed E-state index contributed by atoms with van der Waals surface area (Å²) in [5, 5.41) is 3.25. The molecule has 1 atom stereocenters. The standard InChI is InChI=1S/C20H30N2O2/c1-17(22-12-6-3-7-13-22)19(23)21-16-20(10-14-24-15-11-20)18-8-4-2-5-9-18/h2,4-5,8-9,17H,3,6-7,10-16H2,1H3,(H,21,23)/t17-/m0/s1. The Balaban J connectivity index is 1.64. The van der Waals surface area contributed by atoms with Crippen molar-refractivity contribution in [3.05, 3.63) is 35.9 Å². The second-order valence-corrected chi connectivity index (χ2v) is 7.25. The predicted octanol–water partition coefficient (Wildman–Crippen LogP) is 2.73. The molecule has 0 saturated carbocycles. The number of hydrogen-bond donors (Lipinski definition) is 1. The normalized spacial score (nSPS) is 22.7. The van der Waals surface area contributed by atoms with Crippen molar-refractivity contribution in [2.75, 3.05) is 32.8 Å². The van der Waals surface area contributed by atoms with Crippen LogP contribution in [-0.4, -0.2) is 49.7 Å². The van der Waals surface area contributed by atoms with Crippen molar-refractivity contribution in [1.29, 1.82) is 0 Å². The molecule has 0 spiro atoms. The van der Waals surface area contributed by atoms with Gasteiger partial charge in [0.15, 0.2) is 0 Å². The Kier molecular flexibility index (Phi) is 5.90. The van der Waals surface area contributed by atoms with E-state index in [9.17, 15) is 4.79 Å². The number of carbonyl (C=O) groups excluding carboxylic acids is 1. The third-order valence-corrected chi connectivity index (χ3v) is 5.75. The van der Waals surface area contributed by atoms with Crippen LogP contribution >= 0.6 is 0 Å². The van der Waals surface area contributed by atoms with Gasteiger partial charge in [-0.05, 0) is 51.3 Å². The molecule has 0 unspecified atom stereocenters. The second kappa shape index (κ2) is 8.13. The molecule has 1 N–H and O–H groups in total. The fourth-order valence-electron chi connectivity index (χ4n) is 4.00. The number of hydrogen-bond acceptors (Lipinski definition) is 3. The highest BCUT2D eigenvalue weighted by Crippen LogP contribution is 2.34. The Morgan fingerprint density at radius 2 is 1.83 bits per heavy atom. The van der Waals surface area contributed by atoms with Crippen LogP contribution in [0.5, 0.6) is 0 Å². The van der Waals surface area contributed by atoms with E-state index in [-0.39, 0.29) is 17.4 Å². The van der Waals surface area contributed by atoms with E-state index in [2.05, 4.69) is 34.5 Å². The van der Waals surface area contributed by atoms with Crippen LogP contribution in [0.15, 0.2) is 30.3 Å². The molecule has 2 fully saturated rings. The van der Waals surface area contributed by atoms with Crippen LogP contribution in [0.4, 0.5) is 0 Å². The van der Waals surface area contributed by atoms with E-state index in [1.165, 1.54) is 24.8 Å². The van der Waals surface area contributed by atoms with Gasteiger partial charge in [0.05, 0.1) is 6.04 Å². The van der Waals surface area contributed by atoms with E-state index in [0.717, 1.165) is 39.1 Å². The first kappa shape index (κ1) is 17.4. The van der Waals surface area contributed by atoms with Crippen LogP contribution < -0.4 is 5.32 Å². The van der Waals surface area contributed by atoms with Crippen molar-refractivity contribution in [2.24, 2.45) is 0 Å². The largest absolute Gasteiger partial charge is 0.381 e. The van der Waals surface area contributed by atoms with Crippen molar-refractivity contribution >= 4 is 5.91 Å².